The Bertz CT molecular complexity index is 1180. The molecule has 0 atom stereocenters. The van der Waals surface area contributed by atoms with Crippen LogP contribution in [0.4, 0.5) is 16.2 Å². The number of nitrogens with two attached hydrogens (primary N) is 1. The molecule has 0 fully saturated rings. The second-order valence-electron chi connectivity index (χ2n) is 6.80. The van der Waals surface area contributed by atoms with Gasteiger partial charge < -0.3 is 16.4 Å². The Morgan fingerprint density at radius 1 is 0.833 bits per heavy atom. The molecule has 0 unspecified atom stereocenters. The number of aryl methyl sites for hydroxylation is 1. The molecule has 7 nitrogen and oxygen atoms in total. The Balaban J connectivity index is 1.48. The SMILES string of the molecule is NC(=O)Nc1ccc(NC(=O)CCc2nc3ccccc3n2-c2ccccc2)cc1. The van der Waals surface area contributed by atoms with Gasteiger partial charge >= 0.3 is 6.03 Å². The van der Waals surface area contributed by atoms with Crippen molar-refractivity contribution >= 4 is 34.3 Å². The van der Waals surface area contributed by atoms with Gasteiger partial charge in [-0.3, -0.25) is 9.36 Å². The number of hydrogen-bond donors (Lipinski definition) is 3. The molecule has 7 heteroatoms. The highest BCUT2D eigenvalue weighted by atomic mass is 16.2. The van der Waals surface area contributed by atoms with Crippen LogP contribution in [0.25, 0.3) is 16.7 Å². The van der Waals surface area contributed by atoms with E-state index >= 15 is 0 Å². The largest absolute Gasteiger partial charge is 0.351 e. The van der Waals surface area contributed by atoms with E-state index in [1.807, 2.05) is 54.6 Å². The molecular formula is C23H21N5O2. The molecule has 4 aromatic rings. The highest BCUT2D eigenvalue weighted by molar-refractivity contribution is 5.92. The quantitative estimate of drug-likeness (QED) is 0.455. The number of hydrogen-bond acceptors (Lipinski definition) is 3. The van der Waals surface area contributed by atoms with Gasteiger partial charge in [0, 0.05) is 29.9 Å². The molecule has 1 aromatic heterocycles. The van der Waals surface area contributed by atoms with Gasteiger partial charge in [0.05, 0.1) is 11.0 Å². The molecule has 0 aliphatic heterocycles. The predicted octanol–water partition coefficient (Wildman–Crippen LogP) is 4.09. The van der Waals surface area contributed by atoms with E-state index in [-0.39, 0.29) is 12.3 Å². The zero-order chi connectivity index (χ0) is 20.9. The molecule has 1 heterocycles. The normalized spacial score (nSPS) is 10.7. The van der Waals surface area contributed by atoms with Crippen molar-refractivity contribution in [3.8, 4) is 5.69 Å². The second-order valence-corrected chi connectivity index (χ2v) is 6.80. The van der Waals surface area contributed by atoms with E-state index in [2.05, 4.69) is 15.2 Å². The Labute approximate surface area is 173 Å². The highest BCUT2D eigenvalue weighted by Crippen LogP contribution is 2.22. The number of anilines is 2. The summed E-state index contributed by atoms with van der Waals surface area (Å²) in [4.78, 5) is 28.1. The summed E-state index contributed by atoms with van der Waals surface area (Å²) in [6, 6.07) is 24.1. The van der Waals surface area contributed by atoms with E-state index in [9.17, 15) is 9.59 Å². The number of nitrogens with zero attached hydrogens (tertiary/aromatic N) is 2. The molecule has 0 aliphatic carbocycles. The number of rotatable bonds is 6. The molecule has 3 amide bonds. The van der Waals surface area contributed by atoms with Gasteiger partial charge in [0.15, 0.2) is 0 Å². The number of primary amides is 1. The van der Waals surface area contributed by atoms with E-state index in [1.54, 1.807) is 24.3 Å². The number of aromatic nitrogens is 2. The standard InChI is InChI=1S/C23H21N5O2/c24-23(30)26-17-12-10-16(11-13-17)25-22(29)15-14-21-27-19-8-4-5-9-20(19)28(21)18-6-2-1-3-7-18/h1-13H,14-15H2,(H,25,29)(H3,24,26,30). The summed E-state index contributed by atoms with van der Waals surface area (Å²) >= 11 is 0. The minimum absolute atomic E-state index is 0.114. The molecule has 0 spiro atoms. The molecular weight excluding hydrogens is 378 g/mol. The highest BCUT2D eigenvalue weighted by Gasteiger charge is 2.13. The van der Waals surface area contributed by atoms with Crippen LogP contribution in [0.3, 0.4) is 0 Å². The van der Waals surface area contributed by atoms with Gasteiger partial charge in [0.2, 0.25) is 5.91 Å². The lowest BCUT2D eigenvalue weighted by molar-refractivity contribution is -0.116. The Morgan fingerprint density at radius 3 is 2.17 bits per heavy atom. The van der Waals surface area contributed by atoms with E-state index in [0.29, 0.717) is 17.8 Å². The first kappa shape index (κ1) is 19.2. The number of nitrogens with one attached hydrogen (secondary N) is 2. The Morgan fingerprint density at radius 2 is 1.47 bits per heavy atom. The van der Waals surface area contributed by atoms with Crippen molar-refractivity contribution in [1.82, 2.24) is 9.55 Å². The lowest BCUT2D eigenvalue weighted by Crippen LogP contribution is -2.19. The first-order chi connectivity index (χ1) is 14.6. The van der Waals surface area contributed by atoms with Crippen molar-refractivity contribution in [2.75, 3.05) is 10.6 Å². The van der Waals surface area contributed by atoms with E-state index < -0.39 is 6.03 Å². The summed E-state index contributed by atoms with van der Waals surface area (Å²) in [5.74, 6) is 0.718. The third-order valence-electron chi connectivity index (χ3n) is 4.66. The zero-order valence-electron chi connectivity index (χ0n) is 16.2. The topological polar surface area (TPSA) is 102 Å². The number of benzene rings is 3. The van der Waals surface area contributed by atoms with Gasteiger partial charge in [-0.15, -0.1) is 0 Å². The van der Waals surface area contributed by atoms with Crippen LogP contribution in [0, 0.1) is 0 Å². The third-order valence-corrected chi connectivity index (χ3v) is 4.66. The molecule has 30 heavy (non-hydrogen) atoms. The van der Waals surface area contributed by atoms with E-state index in [1.165, 1.54) is 0 Å². The van der Waals surface area contributed by atoms with Gasteiger partial charge in [0.25, 0.3) is 0 Å². The van der Waals surface area contributed by atoms with Gasteiger partial charge in [-0.25, -0.2) is 9.78 Å². The number of fused-ring (bicyclic) bond motifs is 1. The smallest absolute Gasteiger partial charge is 0.316 e. The van der Waals surface area contributed by atoms with Crippen LogP contribution in [0.15, 0.2) is 78.9 Å². The maximum absolute atomic E-state index is 12.5. The van der Waals surface area contributed by atoms with Crippen molar-refractivity contribution in [3.63, 3.8) is 0 Å². The molecule has 4 rings (SSSR count). The minimum atomic E-state index is -0.631. The first-order valence-electron chi connectivity index (χ1n) is 9.58. The van der Waals surface area contributed by atoms with E-state index in [0.717, 1.165) is 22.5 Å². The van der Waals surface area contributed by atoms with Crippen LogP contribution in [0.5, 0.6) is 0 Å². The first-order valence-corrected chi connectivity index (χ1v) is 9.58. The van der Waals surface area contributed by atoms with Crippen molar-refractivity contribution < 1.29 is 9.59 Å². The molecule has 4 N–H and O–H groups in total. The number of para-hydroxylation sites is 3. The third kappa shape index (κ3) is 4.30. The zero-order valence-corrected chi connectivity index (χ0v) is 16.2. The molecule has 0 bridgehead atoms. The van der Waals surface area contributed by atoms with Crippen LogP contribution in [0.1, 0.15) is 12.2 Å². The second kappa shape index (κ2) is 8.48. The summed E-state index contributed by atoms with van der Waals surface area (Å²) in [5.41, 5.74) is 9.23. The lowest BCUT2D eigenvalue weighted by atomic mass is 10.2. The van der Waals surface area contributed by atoms with Crippen LogP contribution < -0.4 is 16.4 Å². The Kier molecular flexibility index (Phi) is 5.43. The van der Waals surface area contributed by atoms with E-state index in [4.69, 9.17) is 10.7 Å². The number of amides is 3. The summed E-state index contributed by atoms with van der Waals surface area (Å²) in [5, 5.41) is 5.35. The molecule has 0 aliphatic rings. The van der Waals surface area contributed by atoms with Crippen LogP contribution in [0.2, 0.25) is 0 Å². The fourth-order valence-corrected chi connectivity index (χ4v) is 3.34. The van der Waals surface area contributed by atoms with Gasteiger partial charge in [-0.2, -0.15) is 0 Å². The maximum Gasteiger partial charge on any atom is 0.316 e. The lowest BCUT2D eigenvalue weighted by Gasteiger charge is -2.10. The average Bonchev–Trinajstić information content (AvgIpc) is 3.12. The average molecular weight is 399 g/mol. The minimum Gasteiger partial charge on any atom is -0.351 e. The number of imidazole rings is 1. The Hall–Kier alpha value is -4.13. The summed E-state index contributed by atoms with van der Waals surface area (Å²) in [7, 11) is 0. The fourth-order valence-electron chi connectivity index (χ4n) is 3.34. The van der Waals surface area contributed by atoms with Crippen LogP contribution in [-0.2, 0) is 11.2 Å². The van der Waals surface area contributed by atoms with Crippen molar-refractivity contribution in [2.24, 2.45) is 5.73 Å². The number of carbonyl (C=O) groups excluding carboxylic acids is 2. The number of urea groups is 1. The number of carbonyl (C=O) groups is 2. The van der Waals surface area contributed by atoms with Gasteiger partial charge in [0.1, 0.15) is 5.82 Å². The van der Waals surface area contributed by atoms with Gasteiger partial charge in [-0.05, 0) is 48.5 Å². The predicted molar refractivity (Wildman–Crippen MR) is 118 cm³/mol. The summed E-state index contributed by atoms with van der Waals surface area (Å²) in [6.07, 6.45) is 0.786. The maximum atomic E-state index is 12.5. The molecule has 0 saturated carbocycles. The van der Waals surface area contributed by atoms with Crippen LogP contribution in [-0.4, -0.2) is 21.5 Å². The molecule has 150 valence electrons. The molecule has 0 saturated heterocycles. The summed E-state index contributed by atoms with van der Waals surface area (Å²) in [6.45, 7) is 0. The summed E-state index contributed by atoms with van der Waals surface area (Å²) < 4.78 is 2.09. The van der Waals surface area contributed by atoms with Crippen molar-refractivity contribution in [2.45, 2.75) is 12.8 Å². The van der Waals surface area contributed by atoms with Crippen molar-refractivity contribution in [3.05, 3.63) is 84.7 Å². The van der Waals surface area contributed by atoms with Gasteiger partial charge in [-0.1, -0.05) is 30.3 Å². The monoisotopic (exact) mass is 399 g/mol. The molecule has 3 aromatic carbocycles. The fraction of sp³-hybridized carbons (Fsp3) is 0.0870. The molecule has 0 radical (unpaired) electrons. The van der Waals surface area contributed by atoms with Crippen LogP contribution >= 0.6 is 0 Å². The van der Waals surface area contributed by atoms with Crippen molar-refractivity contribution in [1.29, 1.82) is 0 Å².